The lowest BCUT2D eigenvalue weighted by Gasteiger charge is -2.47. The second-order valence-corrected chi connectivity index (χ2v) is 8.70. The molecule has 0 amide bonds. The normalized spacial score (nSPS) is 22.5. The maximum atomic E-state index is 6.30. The van der Waals surface area contributed by atoms with Crippen LogP contribution in [0.15, 0.2) is 0 Å². The Bertz CT molecular complexity index is 303. The largest absolute Gasteiger partial charge is 0.411 e. The van der Waals surface area contributed by atoms with Crippen LogP contribution in [0.5, 0.6) is 0 Å². The van der Waals surface area contributed by atoms with Crippen molar-refractivity contribution in [2.45, 2.75) is 84.1 Å². The third-order valence-corrected chi connectivity index (χ3v) is 5.35. The Balaban J connectivity index is 2.70. The van der Waals surface area contributed by atoms with Crippen molar-refractivity contribution in [1.29, 1.82) is 0 Å². The summed E-state index contributed by atoms with van der Waals surface area (Å²) < 4.78 is 23.6. The summed E-state index contributed by atoms with van der Waals surface area (Å²) in [5, 5.41) is 3.68. The van der Waals surface area contributed by atoms with E-state index < -0.39 is 15.4 Å². The SMILES string of the molecule is CCOC(OCC)(OCC)[SiH2]OC1CC(C)(C)NC(C)(C)C1. The topological polar surface area (TPSA) is 49.0 Å². The zero-order valence-corrected chi connectivity index (χ0v) is 16.9. The lowest BCUT2D eigenvalue weighted by atomic mass is 9.81. The van der Waals surface area contributed by atoms with Gasteiger partial charge in [0.1, 0.15) is 0 Å². The van der Waals surface area contributed by atoms with Crippen LogP contribution in [0.3, 0.4) is 0 Å². The predicted molar refractivity (Wildman–Crippen MR) is 91.6 cm³/mol. The average molecular weight is 334 g/mol. The number of piperidine rings is 1. The number of rotatable bonds is 9. The highest BCUT2D eigenvalue weighted by molar-refractivity contribution is 6.30. The van der Waals surface area contributed by atoms with Crippen molar-refractivity contribution >= 4 is 9.76 Å². The Morgan fingerprint density at radius 2 is 1.32 bits per heavy atom. The minimum absolute atomic E-state index is 0.0757. The summed E-state index contributed by atoms with van der Waals surface area (Å²) in [6.45, 7) is 16.4. The van der Waals surface area contributed by atoms with Crippen LogP contribution in [0, 0.1) is 0 Å². The van der Waals surface area contributed by atoms with E-state index >= 15 is 0 Å². The van der Waals surface area contributed by atoms with Crippen molar-refractivity contribution in [3.63, 3.8) is 0 Å². The summed E-state index contributed by atoms with van der Waals surface area (Å²) in [4.78, 5) is 0. The fraction of sp³-hybridized carbons (Fsp3) is 1.00. The average Bonchev–Trinajstić information content (AvgIpc) is 2.34. The molecule has 0 aromatic heterocycles. The fourth-order valence-corrected chi connectivity index (χ4v) is 5.01. The molecule has 1 aliphatic rings. The molecule has 0 bridgehead atoms. The summed E-state index contributed by atoms with van der Waals surface area (Å²) in [5.74, 6) is 0. The third-order valence-electron chi connectivity index (χ3n) is 3.74. The van der Waals surface area contributed by atoms with Gasteiger partial charge in [0.05, 0.1) is 0 Å². The molecule has 0 radical (unpaired) electrons. The van der Waals surface area contributed by atoms with Crippen LogP contribution in [-0.4, -0.2) is 52.4 Å². The van der Waals surface area contributed by atoms with Crippen LogP contribution in [0.1, 0.15) is 61.3 Å². The van der Waals surface area contributed by atoms with Gasteiger partial charge >= 0.3 is 0 Å². The molecule has 1 N–H and O–H groups in total. The van der Waals surface area contributed by atoms with Gasteiger partial charge in [0.2, 0.25) is 0 Å². The van der Waals surface area contributed by atoms with Gasteiger partial charge in [-0.15, -0.1) is 0 Å². The van der Waals surface area contributed by atoms with Gasteiger partial charge in [-0.1, -0.05) is 0 Å². The molecule has 0 aromatic carbocycles. The lowest BCUT2D eigenvalue weighted by Crippen LogP contribution is -2.60. The molecule has 132 valence electrons. The maximum Gasteiger partial charge on any atom is 0.279 e. The second-order valence-electron chi connectivity index (χ2n) is 7.22. The first-order chi connectivity index (χ1) is 10.2. The van der Waals surface area contributed by atoms with Crippen LogP contribution in [0.2, 0.25) is 0 Å². The highest BCUT2D eigenvalue weighted by Gasteiger charge is 2.41. The van der Waals surface area contributed by atoms with Gasteiger partial charge in [-0.3, -0.25) is 0 Å². The van der Waals surface area contributed by atoms with E-state index in [9.17, 15) is 0 Å². The van der Waals surface area contributed by atoms with E-state index in [1.807, 2.05) is 20.8 Å². The van der Waals surface area contributed by atoms with E-state index in [4.69, 9.17) is 18.6 Å². The number of hydrogen-bond donors (Lipinski definition) is 1. The van der Waals surface area contributed by atoms with E-state index in [-0.39, 0.29) is 17.2 Å². The molecule has 0 unspecified atom stereocenters. The zero-order valence-electron chi connectivity index (χ0n) is 15.5. The molecule has 1 rings (SSSR count). The molecule has 0 saturated carbocycles. The monoisotopic (exact) mass is 333 g/mol. The Morgan fingerprint density at radius 3 is 1.68 bits per heavy atom. The van der Waals surface area contributed by atoms with Crippen molar-refractivity contribution in [1.82, 2.24) is 5.32 Å². The van der Waals surface area contributed by atoms with Crippen LogP contribution in [-0.2, 0) is 18.6 Å². The first-order valence-electron chi connectivity index (χ1n) is 8.50. The summed E-state index contributed by atoms with van der Waals surface area (Å²) in [5.41, 5.74) is -0.796. The van der Waals surface area contributed by atoms with Gasteiger partial charge in [0, 0.05) is 37.0 Å². The molecule has 1 saturated heterocycles. The van der Waals surface area contributed by atoms with Gasteiger partial charge in [-0.25, -0.2) is 0 Å². The van der Waals surface area contributed by atoms with Gasteiger partial charge in [0.15, 0.2) is 0 Å². The van der Waals surface area contributed by atoms with Crippen LogP contribution in [0.4, 0.5) is 0 Å². The fourth-order valence-electron chi connectivity index (χ4n) is 3.48. The molecule has 0 aromatic rings. The van der Waals surface area contributed by atoms with E-state index in [2.05, 4.69) is 33.0 Å². The van der Waals surface area contributed by atoms with Crippen molar-refractivity contribution in [3.8, 4) is 0 Å². The maximum absolute atomic E-state index is 6.30. The predicted octanol–water partition coefficient (Wildman–Crippen LogP) is 2.12. The second kappa shape index (κ2) is 8.21. The summed E-state index contributed by atoms with van der Waals surface area (Å²) in [6.07, 6.45) is 2.20. The zero-order chi connectivity index (χ0) is 16.9. The lowest BCUT2D eigenvalue weighted by molar-refractivity contribution is -0.328. The van der Waals surface area contributed by atoms with Crippen LogP contribution in [0.25, 0.3) is 0 Å². The first kappa shape index (κ1) is 20.1. The van der Waals surface area contributed by atoms with E-state index in [1.54, 1.807) is 0 Å². The molecule has 0 atom stereocenters. The molecular formula is C16H35NO4Si. The van der Waals surface area contributed by atoms with Crippen LogP contribution < -0.4 is 5.32 Å². The minimum Gasteiger partial charge on any atom is -0.411 e. The smallest absolute Gasteiger partial charge is 0.279 e. The number of hydrogen-bond acceptors (Lipinski definition) is 5. The van der Waals surface area contributed by atoms with Gasteiger partial charge in [-0.05, 0) is 61.3 Å². The van der Waals surface area contributed by atoms with E-state index in [1.165, 1.54) is 0 Å². The quantitative estimate of drug-likeness (QED) is 0.517. The molecule has 5 nitrogen and oxygen atoms in total. The molecule has 0 spiro atoms. The van der Waals surface area contributed by atoms with Gasteiger partial charge in [0.25, 0.3) is 15.4 Å². The third kappa shape index (κ3) is 6.26. The van der Waals surface area contributed by atoms with E-state index in [0.29, 0.717) is 19.8 Å². The van der Waals surface area contributed by atoms with Crippen LogP contribution >= 0.6 is 0 Å². The van der Waals surface area contributed by atoms with E-state index in [0.717, 1.165) is 12.8 Å². The highest BCUT2D eigenvalue weighted by Crippen LogP contribution is 2.31. The summed E-state index contributed by atoms with van der Waals surface area (Å²) in [6, 6.07) is 0. The Hall–Kier alpha value is 0.0169. The molecule has 22 heavy (non-hydrogen) atoms. The molecule has 1 fully saturated rings. The summed E-state index contributed by atoms with van der Waals surface area (Å²) >= 11 is 0. The highest BCUT2D eigenvalue weighted by atomic mass is 28.2. The Morgan fingerprint density at radius 1 is 0.909 bits per heavy atom. The Kier molecular flexibility index (Phi) is 7.49. The van der Waals surface area contributed by atoms with Crippen molar-refractivity contribution in [3.05, 3.63) is 0 Å². The van der Waals surface area contributed by atoms with Gasteiger partial charge in [-0.2, -0.15) is 0 Å². The number of ether oxygens (including phenoxy) is 3. The van der Waals surface area contributed by atoms with Gasteiger partial charge < -0.3 is 24.0 Å². The molecule has 1 aliphatic heterocycles. The molecule has 0 aliphatic carbocycles. The van der Waals surface area contributed by atoms with Crippen molar-refractivity contribution in [2.24, 2.45) is 0 Å². The standard InChI is InChI=1S/C16H35NO4Si/c1-8-18-16(19-9-2,20-10-3)22-21-13-11-14(4,5)17-15(6,7)12-13/h13,17H,8-12,22H2,1-7H3. The first-order valence-corrected chi connectivity index (χ1v) is 9.79. The molecule has 1 heterocycles. The Labute approximate surface area is 138 Å². The van der Waals surface area contributed by atoms with Crippen molar-refractivity contribution in [2.75, 3.05) is 19.8 Å². The molecule has 6 heteroatoms. The van der Waals surface area contributed by atoms with Crippen molar-refractivity contribution < 1.29 is 18.6 Å². The summed E-state index contributed by atoms with van der Waals surface area (Å²) in [7, 11) is -1.15. The molecular weight excluding hydrogens is 298 g/mol. The number of nitrogens with one attached hydrogen (secondary N) is 1. The minimum atomic E-state index is -1.15.